The van der Waals surface area contributed by atoms with Gasteiger partial charge in [-0.05, 0) is 51.0 Å². The minimum Gasteiger partial charge on any atom is -0.378 e. The monoisotopic (exact) mass is 455 g/mol. The molecule has 0 radical (unpaired) electrons. The van der Waals surface area contributed by atoms with Crippen molar-refractivity contribution in [3.63, 3.8) is 0 Å². The van der Waals surface area contributed by atoms with Crippen LogP contribution >= 0.6 is 11.8 Å². The summed E-state index contributed by atoms with van der Waals surface area (Å²) >= 11 is 1.33. The largest absolute Gasteiger partial charge is 0.378 e. The van der Waals surface area contributed by atoms with E-state index in [0.29, 0.717) is 49.1 Å². The summed E-state index contributed by atoms with van der Waals surface area (Å²) < 4.78 is 23.6. The van der Waals surface area contributed by atoms with Crippen molar-refractivity contribution >= 4 is 23.5 Å². The first-order valence-electron chi connectivity index (χ1n) is 10.9. The molecule has 1 saturated heterocycles. The van der Waals surface area contributed by atoms with Crippen LogP contribution in [0.3, 0.4) is 0 Å². The quantitative estimate of drug-likeness (QED) is 0.397. The zero-order chi connectivity index (χ0) is 22.2. The lowest BCUT2D eigenvalue weighted by molar-refractivity contribution is 0.102. The van der Waals surface area contributed by atoms with E-state index in [4.69, 9.17) is 4.74 Å². The van der Waals surface area contributed by atoms with E-state index in [1.165, 1.54) is 36.7 Å². The number of carbonyl (C=O) groups excluding carboxylic acids is 1. The summed E-state index contributed by atoms with van der Waals surface area (Å²) in [6.45, 7) is 6.66. The molecule has 2 aromatic heterocycles. The summed E-state index contributed by atoms with van der Waals surface area (Å²) in [5.41, 5.74) is 3.58. The number of carbonyl (C=O) groups is 1. The maximum absolute atomic E-state index is 14.0. The lowest BCUT2D eigenvalue weighted by Gasteiger charge is -2.27. The van der Waals surface area contributed by atoms with Crippen LogP contribution in [0.2, 0.25) is 0 Å². The number of nitrogens with zero attached hydrogens (tertiary/aromatic N) is 5. The molecule has 0 atom stereocenters. The van der Waals surface area contributed by atoms with Gasteiger partial charge in [0.15, 0.2) is 10.9 Å². The summed E-state index contributed by atoms with van der Waals surface area (Å²) in [6, 6.07) is 8.89. The Labute approximate surface area is 190 Å². The number of thioether (sulfide) groups is 1. The molecule has 3 heterocycles. The zero-order valence-corrected chi connectivity index (χ0v) is 19.1. The number of halogens is 1. The number of benzene rings is 1. The highest BCUT2D eigenvalue weighted by atomic mass is 32.2. The summed E-state index contributed by atoms with van der Waals surface area (Å²) in [5.74, 6) is 0.618. The van der Waals surface area contributed by atoms with Crippen LogP contribution in [0.25, 0.3) is 5.69 Å². The molecule has 1 aliphatic carbocycles. The average molecular weight is 456 g/mol. The molecule has 0 N–H and O–H groups in total. The van der Waals surface area contributed by atoms with Gasteiger partial charge >= 0.3 is 0 Å². The Bertz CT molecular complexity index is 1150. The molecule has 7 nitrogen and oxygen atoms in total. The van der Waals surface area contributed by atoms with Gasteiger partial charge in [-0.15, -0.1) is 10.2 Å². The van der Waals surface area contributed by atoms with Crippen molar-refractivity contribution in [2.75, 3.05) is 37.0 Å². The topological polar surface area (TPSA) is 65.2 Å². The molecule has 1 aromatic carbocycles. The highest BCUT2D eigenvalue weighted by Crippen LogP contribution is 2.38. The Morgan fingerprint density at radius 3 is 2.69 bits per heavy atom. The number of rotatable bonds is 7. The molecule has 2 fully saturated rings. The molecule has 2 aliphatic rings. The third-order valence-electron chi connectivity index (χ3n) is 6.01. The van der Waals surface area contributed by atoms with Crippen molar-refractivity contribution in [3.05, 3.63) is 53.1 Å². The van der Waals surface area contributed by atoms with E-state index in [1.54, 1.807) is 6.07 Å². The third kappa shape index (κ3) is 4.06. The smallest absolute Gasteiger partial charge is 0.232 e. The maximum atomic E-state index is 14.0. The van der Waals surface area contributed by atoms with E-state index in [1.807, 2.05) is 23.6 Å². The molecular weight excluding hydrogens is 429 g/mol. The molecule has 0 bridgehead atoms. The van der Waals surface area contributed by atoms with E-state index in [9.17, 15) is 9.18 Å². The molecule has 1 aliphatic heterocycles. The minimum atomic E-state index is -0.330. The van der Waals surface area contributed by atoms with Crippen LogP contribution in [-0.4, -0.2) is 57.2 Å². The van der Waals surface area contributed by atoms with Crippen molar-refractivity contribution in [1.29, 1.82) is 0 Å². The van der Waals surface area contributed by atoms with Gasteiger partial charge in [0, 0.05) is 36.1 Å². The second-order valence-corrected chi connectivity index (χ2v) is 9.24. The summed E-state index contributed by atoms with van der Waals surface area (Å²) in [4.78, 5) is 15.2. The Hall–Kier alpha value is -2.65. The van der Waals surface area contributed by atoms with Gasteiger partial charge in [-0.3, -0.25) is 9.36 Å². The normalized spacial score (nSPS) is 16.5. The SMILES string of the molecule is Cc1cc(C(=O)CSc2nnc(N3CCOCC3)n2-c2cccc(F)c2)c(C)n1C1CC1. The van der Waals surface area contributed by atoms with Crippen molar-refractivity contribution < 1.29 is 13.9 Å². The maximum Gasteiger partial charge on any atom is 0.232 e. The third-order valence-corrected chi connectivity index (χ3v) is 6.93. The number of aromatic nitrogens is 4. The van der Waals surface area contributed by atoms with Crippen LogP contribution in [-0.2, 0) is 4.74 Å². The van der Waals surface area contributed by atoms with Crippen LogP contribution in [0.4, 0.5) is 10.3 Å². The highest BCUT2D eigenvalue weighted by Gasteiger charge is 2.29. The van der Waals surface area contributed by atoms with Gasteiger partial charge in [0.1, 0.15) is 5.82 Å². The Morgan fingerprint density at radius 2 is 1.97 bits per heavy atom. The van der Waals surface area contributed by atoms with Crippen LogP contribution in [0.15, 0.2) is 35.5 Å². The molecule has 0 amide bonds. The molecular formula is C23H26FN5O2S. The van der Waals surface area contributed by atoms with E-state index in [-0.39, 0.29) is 17.4 Å². The first kappa shape index (κ1) is 21.2. The van der Waals surface area contributed by atoms with Crippen molar-refractivity contribution in [3.8, 4) is 5.69 Å². The number of ketones is 1. The lowest BCUT2D eigenvalue weighted by Crippen LogP contribution is -2.37. The fraction of sp³-hybridized carbons (Fsp3) is 0.435. The number of aryl methyl sites for hydroxylation is 1. The zero-order valence-electron chi connectivity index (χ0n) is 18.3. The first-order valence-corrected chi connectivity index (χ1v) is 11.9. The number of hydrogen-bond donors (Lipinski definition) is 0. The van der Waals surface area contributed by atoms with Gasteiger partial charge < -0.3 is 14.2 Å². The molecule has 1 saturated carbocycles. The van der Waals surface area contributed by atoms with Crippen molar-refractivity contribution in [2.45, 2.75) is 37.9 Å². The standard InChI is InChI=1S/C23H26FN5O2S/c1-15-12-20(16(2)28(15)18-6-7-18)21(30)14-32-23-26-25-22(27-8-10-31-11-9-27)29(23)19-5-3-4-17(24)13-19/h3-5,12-13,18H,6-11,14H2,1-2H3. The van der Waals surface area contributed by atoms with Crippen LogP contribution in [0.5, 0.6) is 0 Å². The van der Waals surface area contributed by atoms with E-state index >= 15 is 0 Å². The molecule has 0 spiro atoms. The molecule has 9 heteroatoms. The molecule has 32 heavy (non-hydrogen) atoms. The van der Waals surface area contributed by atoms with E-state index in [2.05, 4.69) is 26.6 Å². The van der Waals surface area contributed by atoms with Crippen molar-refractivity contribution in [1.82, 2.24) is 19.3 Å². The van der Waals surface area contributed by atoms with Crippen molar-refractivity contribution in [2.24, 2.45) is 0 Å². The number of Topliss-reactive ketones (excluding diaryl/α,β-unsaturated/α-hetero) is 1. The number of hydrogen-bond acceptors (Lipinski definition) is 6. The van der Waals surface area contributed by atoms with Crippen LogP contribution in [0.1, 0.15) is 40.6 Å². The van der Waals surface area contributed by atoms with Gasteiger partial charge in [0.2, 0.25) is 5.95 Å². The fourth-order valence-corrected chi connectivity index (χ4v) is 5.16. The Kier molecular flexibility index (Phi) is 5.77. The number of ether oxygens (including phenoxy) is 1. The van der Waals surface area contributed by atoms with Gasteiger partial charge in [-0.1, -0.05) is 17.8 Å². The van der Waals surface area contributed by atoms with Gasteiger partial charge in [-0.25, -0.2) is 4.39 Å². The second kappa shape index (κ2) is 8.71. The van der Waals surface area contributed by atoms with E-state index in [0.717, 1.165) is 17.0 Å². The van der Waals surface area contributed by atoms with Gasteiger partial charge in [0.05, 0.1) is 24.7 Å². The van der Waals surface area contributed by atoms with Gasteiger partial charge in [-0.2, -0.15) is 0 Å². The molecule has 5 rings (SSSR count). The predicted molar refractivity (Wildman–Crippen MR) is 122 cm³/mol. The van der Waals surface area contributed by atoms with E-state index < -0.39 is 0 Å². The lowest BCUT2D eigenvalue weighted by atomic mass is 10.2. The fourth-order valence-electron chi connectivity index (χ4n) is 4.33. The summed E-state index contributed by atoms with van der Waals surface area (Å²) in [7, 11) is 0. The molecule has 0 unspecified atom stereocenters. The Morgan fingerprint density at radius 1 is 1.19 bits per heavy atom. The predicted octanol–water partition coefficient (Wildman–Crippen LogP) is 3.97. The number of anilines is 1. The summed E-state index contributed by atoms with van der Waals surface area (Å²) in [6.07, 6.45) is 2.36. The summed E-state index contributed by atoms with van der Waals surface area (Å²) in [5, 5.41) is 9.32. The van der Waals surface area contributed by atoms with Crippen LogP contribution < -0.4 is 4.90 Å². The Balaban J connectivity index is 1.41. The minimum absolute atomic E-state index is 0.0664. The average Bonchev–Trinajstić information content (AvgIpc) is 3.45. The molecule has 168 valence electrons. The first-order chi connectivity index (χ1) is 15.5. The number of morpholine rings is 1. The molecule has 3 aromatic rings. The second-order valence-electron chi connectivity index (χ2n) is 8.30. The van der Waals surface area contributed by atoms with Gasteiger partial charge in [0.25, 0.3) is 0 Å². The van der Waals surface area contributed by atoms with Crippen LogP contribution in [0, 0.1) is 19.7 Å². The highest BCUT2D eigenvalue weighted by molar-refractivity contribution is 7.99.